The Hall–Kier alpha value is -1.79. The van der Waals surface area contributed by atoms with Gasteiger partial charge in [-0.1, -0.05) is 11.6 Å². The molecule has 0 radical (unpaired) electrons. The number of rotatable bonds is 6. The lowest BCUT2D eigenvalue weighted by molar-refractivity contribution is -0.123. The van der Waals surface area contributed by atoms with E-state index in [1.54, 1.807) is 37.1 Å². The van der Waals surface area contributed by atoms with Crippen molar-refractivity contribution in [2.45, 2.75) is 13.0 Å². The number of benzene rings is 1. The van der Waals surface area contributed by atoms with Gasteiger partial charge in [0.2, 0.25) is 11.8 Å². The highest BCUT2D eigenvalue weighted by Crippen LogP contribution is 2.27. The number of nitrogens with two attached hydrogens (primary N) is 1. The minimum Gasteiger partial charge on any atom is -0.495 e. The molecule has 2 amide bonds. The summed E-state index contributed by atoms with van der Waals surface area (Å²) in [5, 5.41) is 3.17. The van der Waals surface area contributed by atoms with E-state index >= 15 is 0 Å². The van der Waals surface area contributed by atoms with Gasteiger partial charge in [-0.3, -0.25) is 14.5 Å². The van der Waals surface area contributed by atoms with E-state index in [1.165, 1.54) is 7.11 Å². The average Bonchev–Trinajstić information content (AvgIpc) is 2.37. The van der Waals surface area contributed by atoms with Crippen molar-refractivity contribution in [1.29, 1.82) is 0 Å². The normalized spacial score (nSPS) is 12.1. The second kappa shape index (κ2) is 7.12. The first-order valence-corrected chi connectivity index (χ1v) is 6.36. The molecular weight excluding hydrogens is 282 g/mol. The average molecular weight is 300 g/mol. The molecule has 0 heterocycles. The number of carbonyl (C=O) groups excluding carboxylic acids is 2. The molecule has 0 fully saturated rings. The number of nitrogens with one attached hydrogen (secondary N) is 1. The first-order valence-electron chi connectivity index (χ1n) is 5.98. The molecule has 7 heteroatoms. The van der Waals surface area contributed by atoms with Crippen molar-refractivity contribution in [3.05, 3.63) is 23.2 Å². The first kappa shape index (κ1) is 16.3. The zero-order chi connectivity index (χ0) is 15.3. The van der Waals surface area contributed by atoms with Crippen LogP contribution in [-0.4, -0.2) is 43.5 Å². The SMILES string of the molecule is COc1ccc(Cl)cc1NC(=O)CN(C)[C@H](C)C(N)=O. The van der Waals surface area contributed by atoms with Gasteiger partial charge in [0, 0.05) is 5.02 Å². The van der Waals surface area contributed by atoms with Crippen LogP contribution >= 0.6 is 11.6 Å². The third-order valence-corrected chi connectivity index (χ3v) is 3.14. The molecule has 0 bridgehead atoms. The van der Waals surface area contributed by atoms with Crippen molar-refractivity contribution in [1.82, 2.24) is 4.90 Å². The second-order valence-corrected chi connectivity index (χ2v) is 4.82. The van der Waals surface area contributed by atoms with Gasteiger partial charge >= 0.3 is 0 Å². The van der Waals surface area contributed by atoms with Gasteiger partial charge in [-0.25, -0.2) is 0 Å². The zero-order valence-corrected chi connectivity index (χ0v) is 12.4. The minimum absolute atomic E-state index is 0.0276. The van der Waals surface area contributed by atoms with E-state index in [1.807, 2.05) is 0 Å². The fourth-order valence-corrected chi connectivity index (χ4v) is 1.72. The molecule has 1 aromatic carbocycles. The summed E-state index contributed by atoms with van der Waals surface area (Å²) in [6.07, 6.45) is 0. The third-order valence-electron chi connectivity index (χ3n) is 2.90. The Balaban J connectivity index is 2.71. The molecule has 110 valence electrons. The summed E-state index contributed by atoms with van der Waals surface area (Å²) in [6.45, 7) is 1.66. The summed E-state index contributed by atoms with van der Waals surface area (Å²) in [4.78, 5) is 24.5. The molecule has 1 atom stereocenters. The quantitative estimate of drug-likeness (QED) is 0.823. The molecule has 0 aliphatic carbocycles. The van der Waals surface area contributed by atoms with Gasteiger partial charge in [0.25, 0.3) is 0 Å². The molecule has 0 unspecified atom stereocenters. The van der Waals surface area contributed by atoms with Gasteiger partial charge < -0.3 is 15.8 Å². The van der Waals surface area contributed by atoms with E-state index in [4.69, 9.17) is 22.1 Å². The summed E-state index contributed by atoms with van der Waals surface area (Å²) >= 11 is 5.88. The topological polar surface area (TPSA) is 84.7 Å². The van der Waals surface area contributed by atoms with Crippen LogP contribution in [-0.2, 0) is 9.59 Å². The predicted octanol–water partition coefficient (Wildman–Crippen LogP) is 1.09. The zero-order valence-electron chi connectivity index (χ0n) is 11.6. The molecule has 20 heavy (non-hydrogen) atoms. The van der Waals surface area contributed by atoms with Crippen LogP contribution in [0.1, 0.15) is 6.92 Å². The van der Waals surface area contributed by atoms with Crippen LogP contribution in [0.4, 0.5) is 5.69 Å². The van der Waals surface area contributed by atoms with E-state index in [0.717, 1.165) is 0 Å². The van der Waals surface area contributed by atoms with Crippen LogP contribution in [0.3, 0.4) is 0 Å². The molecule has 0 aliphatic heterocycles. The number of hydrogen-bond acceptors (Lipinski definition) is 4. The monoisotopic (exact) mass is 299 g/mol. The van der Waals surface area contributed by atoms with Gasteiger partial charge in [0.15, 0.2) is 0 Å². The van der Waals surface area contributed by atoms with Crippen molar-refractivity contribution in [2.75, 3.05) is 26.0 Å². The van der Waals surface area contributed by atoms with Crippen molar-refractivity contribution in [3.63, 3.8) is 0 Å². The molecule has 6 nitrogen and oxygen atoms in total. The Kier molecular flexibility index (Phi) is 5.79. The maximum absolute atomic E-state index is 11.9. The third kappa shape index (κ3) is 4.40. The van der Waals surface area contributed by atoms with Crippen LogP contribution in [0.2, 0.25) is 5.02 Å². The molecule has 1 aromatic rings. The Morgan fingerprint density at radius 3 is 2.70 bits per heavy atom. The first-order chi connectivity index (χ1) is 9.35. The number of nitrogens with zero attached hydrogens (tertiary/aromatic N) is 1. The number of ether oxygens (including phenoxy) is 1. The number of carbonyl (C=O) groups is 2. The maximum Gasteiger partial charge on any atom is 0.238 e. The molecule has 0 saturated carbocycles. The van der Waals surface area contributed by atoms with E-state index in [2.05, 4.69) is 5.32 Å². The standard InChI is InChI=1S/C13H18ClN3O3/c1-8(13(15)19)17(2)7-12(18)16-10-6-9(14)4-5-11(10)20-3/h4-6,8H,7H2,1-3H3,(H2,15,19)(H,16,18)/t8-/m1/s1. The van der Waals surface area contributed by atoms with Gasteiger partial charge in [0.05, 0.1) is 25.4 Å². The van der Waals surface area contributed by atoms with Gasteiger partial charge in [-0.15, -0.1) is 0 Å². The highest BCUT2D eigenvalue weighted by Gasteiger charge is 2.18. The largest absolute Gasteiger partial charge is 0.495 e. The second-order valence-electron chi connectivity index (χ2n) is 4.39. The van der Waals surface area contributed by atoms with Gasteiger partial charge in [-0.05, 0) is 32.2 Å². The smallest absolute Gasteiger partial charge is 0.238 e. The van der Waals surface area contributed by atoms with E-state index in [0.29, 0.717) is 16.5 Å². The summed E-state index contributed by atoms with van der Waals surface area (Å²) in [5.41, 5.74) is 5.66. The minimum atomic E-state index is -0.526. The van der Waals surface area contributed by atoms with Crippen LogP contribution < -0.4 is 15.8 Å². The number of methoxy groups -OCH3 is 1. The molecule has 0 aromatic heterocycles. The van der Waals surface area contributed by atoms with E-state index in [9.17, 15) is 9.59 Å². The Bertz CT molecular complexity index is 508. The fraction of sp³-hybridized carbons (Fsp3) is 0.385. The Morgan fingerprint density at radius 1 is 1.50 bits per heavy atom. The molecule has 0 spiro atoms. The van der Waals surface area contributed by atoms with Crippen LogP contribution in [0.15, 0.2) is 18.2 Å². The Morgan fingerprint density at radius 2 is 2.15 bits per heavy atom. The van der Waals surface area contributed by atoms with Crippen LogP contribution in [0, 0.1) is 0 Å². The van der Waals surface area contributed by atoms with Crippen molar-refractivity contribution in [3.8, 4) is 5.75 Å². The van der Waals surface area contributed by atoms with Crippen molar-refractivity contribution < 1.29 is 14.3 Å². The molecule has 1 rings (SSSR count). The summed E-state index contributed by atoms with van der Waals surface area (Å²) < 4.78 is 5.13. The lowest BCUT2D eigenvalue weighted by atomic mass is 10.2. The fourth-order valence-electron chi connectivity index (χ4n) is 1.55. The lowest BCUT2D eigenvalue weighted by Crippen LogP contribution is -2.43. The number of amides is 2. The van der Waals surface area contributed by atoms with Crippen molar-refractivity contribution in [2.24, 2.45) is 5.73 Å². The van der Waals surface area contributed by atoms with Crippen LogP contribution in [0.25, 0.3) is 0 Å². The Labute approximate surface area is 122 Å². The van der Waals surface area contributed by atoms with Crippen LogP contribution in [0.5, 0.6) is 5.75 Å². The number of hydrogen-bond donors (Lipinski definition) is 2. The van der Waals surface area contributed by atoms with Gasteiger partial charge in [0.1, 0.15) is 5.75 Å². The van der Waals surface area contributed by atoms with Crippen molar-refractivity contribution >= 4 is 29.1 Å². The highest BCUT2D eigenvalue weighted by atomic mass is 35.5. The van der Waals surface area contributed by atoms with Gasteiger partial charge in [-0.2, -0.15) is 0 Å². The maximum atomic E-state index is 11.9. The number of likely N-dealkylation sites (N-methyl/N-ethyl adjacent to an activating group) is 1. The van der Waals surface area contributed by atoms with E-state index in [-0.39, 0.29) is 12.5 Å². The number of halogens is 1. The lowest BCUT2D eigenvalue weighted by Gasteiger charge is -2.21. The molecule has 0 saturated heterocycles. The molecular formula is C13H18ClN3O3. The highest BCUT2D eigenvalue weighted by molar-refractivity contribution is 6.31. The van der Waals surface area contributed by atoms with E-state index < -0.39 is 11.9 Å². The summed E-state index contributed by atoms with van der Waals surface area (Å²) in [7, 11) is 3.14. The summed E-state index contributed by atoms with van der Waals surface area (Å²) in [6, 6.07) is 4.39. The summed E-state index contributed by atoms with van der Waals surface area (Å²) in [5.74, 6) is -0.268. The predicted molar refractivity (Wildman–Crippen MR) is 77.9 cm³/mol. The number of primary amides is 1. The number of anilines is 1. The molecule has 3 N–H and O–H groups in total. The molecule has 0 aliphatic rings.